The Morgan fingerprint density at radius 3 is 2.79 bits per heavy atom. The molecule has 1 aromatic carbocycles. The molecule has 1 fully saturated rings. The molecule has 2 rings (SSSR count). The Hall–Kier alpha value is -2.37. The van der Waals surface area contributed by atoms with Crippen LogP contribution in [0.4, 0.5) is 11.4 Å². The van der Waals surface area contributed by atoms with Gasteiger partial charge in [0, 0.05) is 24.3 Å². The Morgan fingerprint density at radius 2 is 2.21 bits per heavy atom. The molecule has 19 heavy (non-hydrogen) atoms. The number of nitrogens with one attached hydrogen (secondary N) is 1. The van der Waals surface area contributed by atoms with Crippen LogP contribution >= 0.6 is 0 Å². The molecule has 0 bridgehead atoms. The minimum atomic E-state index is -0.481. The lowest BCUT2D eigenvalue weighted by molar-refractivity contribution is -0.384. The lowest BCUT2D eigenvalue weighted by Crippen LogP contribution is -1.99. The Labute approximate surface area is 110 Å². The predicted molar refractivity (Wildman–Crippen MR) is 70.2 cm³/mol. The van der Waals surface area contributed by atoms with E-state index in [0.29, 0.717) is 17.9 Å². The molecule has 100 valence electrons. The number of nitro groups is 1. The summed E-state index contributed by atoms with van der Waals surface area (Å²) in [4.78, 5) is 21.6. The largest absolute Gasteiger partial charge is 0.494 e. The first-order valence-corrected chi connectivity index (χ1v) is 5.93. The van der Waals surface area contributed by atoms with Crippen molar-refractivity contribution in [2.75, 3.05) is 12.4 Å². The smallest absolute Gasteiger partial charge is 0.273 e. The molecular formula is C13H14N2O4. The molecule has 1 aliphatic carbocycles. The highest BCUT2D eigenvalue weighted by Gasteiger charge is 2.17. The van der Waals surface area contributed by atoms with E-state index in [1.54, 1.807) is 12.3 Å². The van der Waals surface area contributed by atoms with E-state index in [4.69, 9.17) is 4.74 Å². The number of rotatable bonds is 4. The van der Waals surface area contributed by atoms with Gasteiger partial charge in [0.15, 0.2) is 5.78 Å². The van der Waals surface area contributed by atoms with E-state index < -0.39 is 4.92 Å². The van der Waals surface area contributed by atoms with E-state index >= 15 is 0 Å². The van der Waals surface area contributed by atoms with Crippen LogP contribution in [0.3, 0.4) is 0 Å². The van der Waals surface area contributed by atoms with Crippen LogP contribution in [0.5, 0.6) is 5.75 Å². The lowest BCUT2D eigenvalue weighted by atomic mass is 10.2. The summed E-state index contributed by atoms with van der Waals surface area (Å²) < 4.78 is 5.10. The average molecular weight is 262 g/mol. The molecule has 0 radical (unpaired) electrons. The highest BCUT2D eigenvalue weighted by molar-refractivity contribution is 5.97. The van der Waals surface area contributed by atoms with Gasteiger partial charge in [-0.15, -0.1) is 0 Å². The zero-order valence-electron chi connectivity index (χ0n) is 10.5. The van der Waals surface area contributed by atoms with Crippen LogP contribution in [0.15, 0.2) is 30.0 Å². The van der Waals surface area contributed by atoms with Gasteiger partial charge >= 0.3 is 0 Å². The fraction of sp³-hybridized carbons (Fsp3) is 0.308. The number of ketones is 1. The summed E-state index contributed by atoms with van der Waals surface area (Å²) in [6.07, 6.45) is 3.88. The standard InChI is InChI=1S/C13H14N2O4/c1-19-13-7-10(15(17)18)5-6-11(13)14-8-9-3-2-4-12(9)16/h5-8,14H,2-4H2,1H3. The molecule has 0 saturated heterocycles. The van der Waals surface area contributed by atoms with E-state index in [1.807, 2.05) is 0 Å². The number of carbonyl (C=O) groups excluding carboxylic acids is 1. The van der Waals surface area contributed by atoms with Crippen LogP contribution in [0, 0.1) is 10.1 Å². The molecule has 0 aliphatic heterocycles. The number of non-ortho nitro benzene ring substituents is 1. The number of carbonyl (C=O) groups is 1. The normalized spacial score (nSPS) is 16.7. The fourth-order valence-corrected chi connectivity index (χ4v) is 1.97. The summed E-state index contributed by atoms with van der Waals surface area (Å²) in [5, 5.41) is 13.6. The van der Waals surface area contributed by atoms with Crippen LogP contribution in [0.2, 0.25) is 0 Å². The first-order chi connectivity index (χ1) is 9.11. The average Bonchev–Trinajstić information content (AvgIpc) is 2.81. The molecular weight excluding hydrogens is 248 g/mol. The van der Waals surface area contributed by atoms with E-state index in [9.17, 15) is 14.9 Å². The first-order valence-electron chi connectivity index (χ1n) is 5.93. The maximum Gasteiger partial charge on any atom is 0.273 e. The van der Waals surface area contributed by atoms with Gasteiger partial charge in [-0.3, -0.25) is 14.9 Å². The molecule has 1 aliphatic rings. The SMILES string of the molecule is COc1cc([N+](=O)[O-])ccc1NC=C1CCCC1=O. The quantitative estimate of drug-likeness (QED) is 0.512. The molecule has 6 heteroatoms. The summed E-state index contributed by atoms with van der Waals surface area (Å²) in [5.74, 6) is 0.518. The van der Waals surface area contributed by atoms with Gasteiger partial charge in [-0.25, -0.2) is 0 Å². The first kappa shape index (κ1) is 13.1. The van der Waals surface area contributed by atoms with Gasteiger partial charge in [0.1, 0.15) is 5.75 Å². The van der Waals surface area contributed by atoms with E-state index in [2.05, 4.69) is 5.32 Å². The maximum absolute atomic E-state index is 11.5. The van der Waals surface area contributed by atoms with Gasteiger partial charge in [0.25, 0.3) is 5.69 Å². The van der Waals surface area contributed by atoms with Crippen molar-refractivity contribution in [2.45, 2.75) is 19.3 Å². The number of nitro benzene ring substituents is 1. The number of nitrogens with zero attached hydrogens (tertiary/aromatic N) is 1. The van der Waals surface area contributed by atoms with Crippen molar-refractivity contribution in [1.82, 2.24) is 0 Å². The number of methoxy groups -OCH3 is 1. The molecule has 1 saturated carbocycles. The third-order valence-corrected chi connectivity index (χ3v) is 3.01. The molecule has 0 amide bonds. The topological polar surface area (TPSA) is 81.5 Å². The van der Waals surface area contributed by atoms with Gasteiger partial charge in [-0.2, -0.15) is 0 Å². The highest BCUT2D eigenvalue weighted by Crippen LogP contribution is 2.29. The Balaban J connectivity index is 2.20. The Bertz CT molecular complexity index is 552. The number of anilines is 1. The van der Waals surface area contributed by atoms with Gasteiger partial charge in [0.05, 0.1) is 23.8 Å². The van der Waals surface area contributed by atoms with Crippen LogP contribution in [0.1, 0.15) is 19.3 Å². The third kappa shape index (κ3) is 2.90. The second kappa shape index (κ2) is 5.51. The minimum Gasteiger partial charge on any atom is -0.494 e. The van der Waals surface area contributed by atoms with Crippen molar-refractivity contribution in [2.24, 2.45) is 0 Å². The molecule has 6 nitrogen and oxygen atoms in total. The summed E-state index contributed by atoms with van der Waals surface area (Å²) in [6, 6.07) is 4.30. The van der Waals surface area contributed by atoms with Gasteiger partial charge < -0.3 is 10.1 Å². The van der Waals surface area contributed by atoms with E-state index in [1.165, 1.54) is 19.2 Å². The molecule has 0 atom stereocenters. The summed E-state index contributed by atoms with van der Waals surface area (Å²) in [7, 11) is 1.44. The molecule has 0 heterocycles. The second-order valence-electron chi connectivity index (χ2n) is 4.23. The predicted octanol–water partition coefficient (Wildman–Crippen LogP) is 2.65. The van der Waals surface area contributed by atoms with Crippen LogP contribution in [0.25, 0.3) is 0 Å². The van der Waals surface area contributed by atoms with Crippen molar-refractivity contribution in [1.29, 1.82) is 0 Å². The van der Waals surface area contributed by atoms with E-state index in [-0.39, 0.29) is 11.5 Å². The molecule has 0 unspecified atom stereocenters. The second-order valence-corrected chi connectivity index (χ2v) is 4.23. The number of ether oxygens (including phenoxy) is 1. The number of allylic oxidation sites excluding steroid dienone is 1. The molecule has 1 aromatic rings. The van der Waals surface area contributed by atoms with Crippen molar-refractivity contribution >= 4 is 17.2 Å². The van der Waals surface area contributed by atoms with Gasteiger partial charge in [-0.05, 0) is 18.9 Å². The zero-order valence-corrected chi connectivity index (χ0v) is 10.5. The molecule has 0 spiro atoms. The number of benzene rings is 1. The number of Topliss-reactive ketones (excluding diaryl/α,β-unsaturated/α-hetero) is 1. The molecule has 0 aromatic heterocycles. The fourth-order valence-electron chi connectivity index (χ4n) is 1.97. The highest BCUT2D eigenvalue weighted by atomic mass is 16.6. The maximum atomic E-state index is 11.5. The monoisotopic (exact) mass is 262 g/mol. The zero-order chi connectivity index (χ0) is 13.8. The third-order valence-electron chi connectivity index (χ3n) is 3.01. The van der Waals surface area contributed by atoms with Crippen LogP contribution in [-0.2, 0) is 4.79 Å². The molecule has 1 N–H and O–H groups in total. The van der Waals surface area contributed by atoms with Crippen molar-refractivity contribution in [3.05, 3.63) is 40.1 Å². The van der Waals surface area contributed by atoms with Crippen molar-refractivity contribution in [3.8, 4) is 5.75 Å². The van der Waals surface area contributed by atoms with Crippen molar-refractivity contribution < 1.29 is 14.5 Å². The van der Waals surface area contributed by atoms with Crippen molar-refractivity contribution in [3.63, 3.8) is 0 Å². The Morgan fingerprint density at radius 1 is 1.42 bits per heavy atom. The summed E-state index contributed by atoms with van der Waals surface area (Å²) in [6.45, 7) is 0. The number of hydrogen-bond acceptors (Lipinski definition) is 5. The van der Waals surface area contributed by atoms with Gasteiger partial charge in [0.2, 0.25) is 0 Å². The number of hydrogen-bond donors (Lipinski definition) is 1. The van der Waals surface area contributed by atoms with Crippen LogP contribution < -0.4 is 10.1 Å². The van der Waals surface area contributed by atoms with E-state index in [0.717, 1.165) is 18.4 Å². The van der Waals surface area contributed by atoms with Crippen LogP contribution in [-0.4, -0.2) is 17.8 Å². The Kier molecular flexibility index (Phi) is 3.79. The lowest BCUT2D eigenvalue weighted by Gasteiger charge is -2.08. The minimum absolute atomic E-state index is 0.0352. The van der Waals surface area contributed by atoms with Gasteiger partial charge in [-0.1, -0.05) is 0 Å². The summed E-state index contributed by atoms with van der Waals surface area (Å²) >= 11 is 0. The summed E-state index contributed by atoms with van der Waals surface area (Å²) in [5.41, 5.74) is 1.31.